The van der Waals surface area contributed by atoms with Crippen LogP contribution in [-0.4, -0.2) is 53.0 Å². The number of aromatic nitrogens is 2. The number of anilines is 2. The number of halogens is 3. The van der Waals surface area contributed by atoms with E-state index in [2.05, 4.69) is 20.1 Å². The van der Waals surface area contributed by atoms with Crippen LogP contribution in [0.3, 0.4) is 0 Å². The number of amides is 1. The summed E-state index contributed by atoms with van der Waals surface area (Å²) in [6.45, 7) is 4.44. The summed E-state index contributed by atoms with van der Waals surface area (Å²) < 4.78 is 38.5. The number of likely N-dealkylation sites (tertiary alicyclic amines) is 1. The Morgan fingerprint density at radius 2 is 1.57 bits per heavy atom. The predicted molar refractivity (Wildman–Crippen MR) is 150 cm³/mol. The van der Waals surface area contributed by atoms with Crippen LogP contribution in [0.4, 0.5) is 24.7 Å². The van der Waals surface area contributed by atoms with Gasteiger partial charge in [0.2, 0.25) is 0 Å². The Labute approximate surface area is 230 Å². The smallest absolute Gasteiger partial charge is 0.351 e. The first-order chi connectivity index (χ1) is 19.3. The number of carbonyl (C=O) groups is 1. The molecule has 1 amide bonds. The average molecular weight is 546 g/mol. The van der Waals surface area contributed by atoms with Crippen molar-refractivity contribution >= 4 is 28.4 Å². The van der Waals surface area contributed by atoms with Crippen LogP contribution in [-0.2, 0) is 6.18 Å². The molecule has 2 aliphatic rings. The second kappa shape index (κ2) is 10.9. The van der Waals surface area contributed by atoms with Crippen molar-refractivity contribution in [2.24, 2.45) is 0 Å². The van der Waals surface area contributed by atoms with Crippen LogP contribution in [0.2, 0.25) is 0 Å². The lowest BCUT2D eigenvalue weighted by Crippen LogP contribution is -2.39. The van der Waals surface area contributed by atoms with Gasteiger partial charge in [-0.1, -0.05) is 24.3 Å². The Bertz CT molecular complexity index is 1500. The van der Waals surface area contributed by atoms with E-state index in [0.29, 0.717) is 28.4 Å². The van der Waals surface area contributed by atoms with Crippen LogP contribution in [0.5, 0.6) is 0 Å². The Morgan fingerprint density at radius 3 is 2.27 bits per heavy atom. The molecule has 6 nitrogen and oxygen atoms in total. The third-order valence-electron chi connectivity index (χ3n) is 7.82. The van der Waals surface area contributed by atoms with Gasteiger partial charge in [0.25, 0.3) is 5.91 Å². The number of hydrogen-bond donors (Lipinski definition) is 1. The van der Waals surface area contributed by atoms with E-state index in [-0.39, 0.29) is 5.91 Å². The Kier molecular flexibility index (Phi) is 7.14. The van der Waals surface area contributed by atoms with Crippen molar-refractivity contribution in [3.8, 4) is 11.1 Å². The molecule has 0 unspecified atom stereocenters. The molecule has 9 heteroatoms. The average Bonchev–Trinajstić information content (AvgIpc) is 3.65. The fourth-order valence-electron chi connectivity index (χ4n) is 5.68. The highest BCUT2D eigenvalue weighted by Gasteiger charge is 2.30. The largest absolute Gasteiger partial charge is 0.416 e. The summed E-state index contributed by atoms with van der Waals surface area (Å²) >= 11 is 0. The SMILES string of the molecule is O=C(Nc1ccc2nc(N3CCC[C@H]3CN3CCCC3)cnc2c1)c1ccc(-c2ccc(C(F)(F)F)cc2)cc1. The molecule has 3 heterocycles. The van der Waals surface area contributed by atoms with Gasteiger partial charge in [0.1, 0.15) is 5.82 Å². The molecule has 3 aromatic carbocycles. The van der Waals surface area contributed by atoms with Crippen LogP contribution in [0, 0.1) is 0 Å². The van der Waals surface area contributed by atoms with Crippen LogP contribution in [0.25, 0.3) is 22.2 Å². The third kappa shape index (κ3) is 5.65. The van der Waals surface area contributed by atoms with Gasteiger partial charge in [-0.05, 0) is 92.4 Å². The van der Waals surface area contributed by atoms with Crippen LogP contribution >= 0.6 is 0 Å². The molecule has 1 atom stereocenters. The van der Waals surface area contributed by atoms with Gasteiger partial charge in [0.15, 0.2) is 0 Å². The lowest BCUT2D eigenvalue weighted by Gasteiger charge is -2.29. The highest BCUT2D eigenvalue weighted by atomic mass is 19.4. The molecule has 40 heavy (non-hydrogen) atoms. The fraction of sp³-hybridized carbons (Fsp3) is 0.323. The topological polar surface area (TPSA) is 61.4 Å². The van der Waals surface area contributed by atoms with E-state index >= 15 is 0 Å². The fourth-order valence-corrected chi connectivity index (χ4v) is 5.68. The second-order valence-electron chi connectivity index (χ2n) is 10.5. The van der Waals surface area contributed by atoms with Crippen LogP contribution < -0.4 is 10.2 Å². The van der Waals surface area contributed by atoms with Crippen molar-refractivity contribution in [2.75, 3.05) is 36.4 Å². The summed E-state index contributed by atoms with van der Waals surface area (Å²) in [4.78, 5) is 27.4. The molecule has 0 saturated carbocycles. The molecule has 0 aliphatic carbocycles. The predicted octanol–water partition coefficient (Wildman–Crippen LogP) is 6.63. The van der Waals surface area contributed by atoms with Crippen LogP contribution in [0.1, 0.15) is 41.6 Å². The summed E-state index contributed by atoms with van der Waals surface area (Å²) in [7, 11) is 0. The maximum Gasteiger partial charge on any atom is 0.416 e. The monoisotopic (exact) mass is 545 g/mol. The van der Waals surface area contributed by atoms with Crippen molar-refractivity contribution < 1.29 is 18.0 Å². The van der Waals surface area contributed by atoms with E-state index < -0.39 is 11.7 Å². The maximum absolute atomic E-state index is 12.9. The highest BCUT2D eigenvalue weighted by molar-refractivity contribution is 6.05. The zero-order chi connectivity index (χ0) is 27.7. The van der Waals surface area contributed by atoms with E-state index in [0.717, 1.165) is 48.5 Å². The molecule has 2 fully saturated rings. The number of benzene rings is 3. The molecular formula is C31H30F3N5O. The summed E-state index contributed by atoms with van der Waals surface area (Å²) in [6, 6.07) is 17.7. The highest BCUT2D eigenvalue weighted by Crippen LogP contribution is 2.31. The lowest BCUT2D eigenvalue weighted by atomic mass is 10.0. The van der Waals surface area contributed by atoms with Crippen molar-refractivity contribution in [3.05, 3.63) is 84.1 Å². The van der Waals surface area contributed by atoms with Gasteiger partial charge in [-0.15, -0.1) is 0 Å². The van der Waals surface area contributed by atoms with E-state index in [1.165, 1.54) is 44.5 Å². The number of carbonyl (C=O) groups excluding carboxylic acids is 1. The normalized spacial score (nSPS) is 18.0. The summed E-state index contributed by atoms with van der Waals surface area (Å²) in [5.41, 5.74) is 3.21. The van der Waals surface area contributed by atoms with Crippen molar-refractivity contribution in [3.63, 3.8) is 0 Å². The van der Waals surface area contributed by atoms with Gasteiger partial charge in [-0.25, -0.2) is 4.98 Å². The van der Waals surface area contributed by atoms with E-state index in [9.17, 15) is 18.0 Å². The quantitative estimate of drug-likeness (QED) is 0.295. The molecule has 6 rings (SSSR count). The molecule has 2 saturated heterocycles. The van der Waals surface area contributed by atoms with Gasteiger partial charge in [0.05, 0.1) is 22.8 Å². The first kappa shape index (κ1) is 26.3. The summed E-state index contributed by atoms with van der Waals surface area (Å²) in [6.07, 6.45) is 2.36. The van der Waals surface area contributed by atoms with Gasteiger partial charge >= 0.3 is 6.18 Å². The Morgan fingerprint density at radius 1 is 0.875 bits per heavy atom. The van der Waals surface area contributed by atoms with E-state index in [4.69, 9.17) is 4.98 Å². The van der Waals surface area contributed by atoms with Gasteiger partial charge in [-0.2, -0.15) is 13.2 Å². The molecule has 4 aromatic rings. The molecule has 0 spiro atoms. The summed E-state index contributed by atoms with van der Waals surface area (Å²) in [5.74, 6) is 0.615. The van der Waals surface area contributed by atoms with Gasteiger partial charge < -0.3 is 15.1 Å². The van der Waals surface area contributed by atoms with Crippen molar-refractivity contribution in [1.29, 1.82) is 0 Å². The zero-order valence-corrected chi connectivity index (χ0v) is 22.0. The minimum absolute atomic E-state index is 0.287. The molecule has 206 valence electrons. The number of fused-ring (bicyclic) bond motifs is 1. The van der Waals surface area contributed by atoms with Crippen LogP contribution in [0.15, 0.2) is 72.9 Å². The number of hydrogen-bond acceptors (Lipinski definition) is 5. The van der Waals surface area contributed by atoms with Gasteiger partial charge in [-0.3, -0.25) is 9.78 Å². The van der Waals surface area contributed by atoms with E-state index in [1.54, 1.807) is 24.3 Å². The lowest BCUT2D eigenvalue weighted by molar-refractivity contribution is -0.137. The molecule has 1 aromatic heterocycles. The Balaban J connectivity index is 1.12. The number of rotatable bonds is 6. The minimum Gasteiger partial charge on any atom is -0.351 e. The molecule has 2 aliphatic heterocycles. The molecule has 0 radical (unpaired) electrons. The van der Waals surface area contributed by atoms with Crippen molar-refractivity contribution in [2.45, 2.75) is 37.9 Å². The first-order valence-electron chi connectivity index (χ1n) is 13.7. The summed E-state index contributed by atoms with van der Waals surface area (Å²) in [5, 5.41) is 2.90. The number of alkyl halides is 3. The molecule has 0 bridgehead atoms. The number of nitrogens with one attached hydrogen (secondary N) is 1. The zero-order valence-electron chi connectivity index (χ0n) is 22.0. The van der Waals surface area contributed by atoms with E-state index in [1.807, 2.05) is 24.4 Å². The standard InChI is InChI=1S/C31H30F3N5O/c32-31(33,34)24-11-9-22(10-12-24)21-5-7-23(8-6-21)30(40)36-25-13-14-27-28(18-25)35-19-29(37-27)39-17-3-4-26(39)20-38-15-1-2-16-38/h5-14,18-19,26H,1-4,15-17,20H2,(H,36,40)/t26-/m0/s1. The first-order valence-corrected chi connectivity index (χ1v) is 13.7. The third-order valence-corrected chi connectivity index (χ3v) is 7.82. The Hall–Kier alpha value is -3.98. The molecular weight excluding hydrogens is 515 g/mol. The minimum atomic E-state index is -4.37. The maximum atomic E-state index is 12.9. The van der Waals surface area contributed by atoms with Crippen molar-refractivity contribution in [1.82, 2.24) is 14.9 Å². The van der Waals surface area contributed by atoms with Gasteiger partial charge in [0, 0.05) is 30.4 Å². The molecule has 1 N–H and O–H groups in total. The second-order valence-corrected chi connectivity index (χ2v) is 10.5. The number of nitrogens with zero attached hydrogens (tertiary/aromatic N) is 4.